The van der Waals surface area contributed by atoms with Gasteiger partial charge < -0.3 is 0 Å². The van der Waals surface area contributed by atoms with Gasteiger partial charge in [-0.05, 0) is 26.0 Å². The molecule has 16 heavy (non-hydrogen) atoms. The van der Waals surface area contributed by atoms with Crippen LogP contribution in [-0.4, -0.2) is 23.9 Å². The number of hydrogen-bond donors (Lipinski definition) is 2. The molecule has 0 bridgehead atoms. The first-order chi connectivity index (χ1) is 7.50. The number of rotatable bonds is 3. The van der Waals surface area contributed by atoms with Crippen LogP contribution in [0.4, 0.5) is 5.69 Å². The van der Waals surface area contributed by atoms with Gasteiger partial charge in [-0.2, -0.15) is 5.10 Å². The van der Waals surface area contributed by atoms with E-state index in [2.05, 4.69) is 14.9 Å². The molecule has 0 radical (unpaired) electrons. The molecule has 2 rings (SSSR count). The van der Waals surface area contributed by atoms with Crippen molar-refractivity contribution >= 4 is 26.6 Å². The van der Waals surface area contributed by atoms with Crippen molar-refractivity contribution in [3.05, 3.63) is 24.4 Å². The van der Waals surface area contributed by atoms with Crippen LogP contribution in [-0.2, 0) is 10.0 Å². The molecule has 0 spiro atoms. The fourth-order valence-corrected chi connectivity index (χ4v) is 2.05. The Morgan fingerprint density at radius 2 is 2.12 bits per heavy atom. The number of sulfonamides is 1. The molecule has 1 heterocycles. The van der Waals surface area contributed by atoms with Crippen LogP contribution in [0.1, 0.15) is 13.8 Å². The molecule has 0 saturated carbocycles. The average molecular weight is 239 g/mol. The maximum Gasteiger partial charge on any atom is 0.235 e. The maximum atomic E-state index is 11.7. The molecule has 2 aromatic rings. The first-order valence-electron chi connectivity index (χ1n) is 4.94. The molecular formula is C10H13N3O2S. The lowest BCUT2D eigenvalue weighted by atomic mass is 10.2. The number of aromatic nitrogens is 2. The summed E-state index contributed by atoms with van der Waals surface area (Å²) in [4.78, 5) is 0. The standard InChI is InChI=1S/C10H13N3O2S/c1-7(2)16(14,15)13-10-5-3-4-9-8(10)6-11-12-9/h3-7,13H,1-2H3,(H,11,12). The molecule has 0 atom stereocenters. The van der Waals surface area contributed by atoms with Crippen LogP contribution >= 0.6 is 0 Å². The van der Waals surface area contributed by atoms with E-state index in [4.69, 9.17) is 0 Å². The number of fused-ring (bicyclic) bond motifs is 1. The number of anilines is 1. The van der Waals surface area contributed by atoms with Crippen molar-refractivity contribution in [3.63, 3.8) is 0 Å². The van der Waals surface area contributed by atoms with Crippen LogP contribution in [0.25, 0.3) is 10.9 Å². The van der Waals surface area contributed by atoms with E-state index < -0.39 is 15.3 Å². The number of hydrogen-bond acceptors (Lipinski definition) is 3. The summed E-state index contributed by atoms with van der Waals surface area (Å²) in [5, 5.41) is 6.97. The van der Waals surface area contributed by atoms with E-state index in [1.54, 1.807) is 32.2 Å². The highest BCUT2D eigenvalue weighted by Gasteiger charge is 2.16. The van der Waals surface area contributed by atoms with Gasteiger partial charge in [0.15, 0.2) is 0 Å². The van der Waals surface area contributed by atoms with Crippen LogP contribution in [0.5, 0.6) is 0 Å². The second kappa shape index (κ2) is 3.79. The fourth-order valence-electron chi connectivity index (χ4n) is 1.33. The molecule has 0 aliphatic rings. The SMILES string of the molecule is CC(C)S(=O)(=O)Nc1cccc2[nH]ncc12. The summed E-state index contributed by atoms with van der Waals surface area (Å²) in [6, 6.07) is 5.34. The molecule has 6 heteroatoms. The second-order valence-corrected chi connectivity index (χ2v) is 6.07. The Bertz CT molecular complexity index is 601. The highest BCUT2D eigenvalue weighted by molar-refractivity contribution is 7.93. The lowest BCUT2D eigenvalue weighted by molar-refractivity contribution is 0.593. The average Bonchev–Trinajstić information content (AvgIpc) is 2.65. The van der Waals surface area contributed by atoms with Gasteiger partial charge in [-0.1, -0.05) is 6.07 Å². The first kappa shape index (κ1) is 10.9. The largest absolute Gasteiger partial charge is 0.283 e. The van der Waals surface area contributed by atoms with Gasteiger partial charge in [-0.3, -0.25) is 9.82 Å². The third-order valence-electron chi connectivity index (χ3n) is 2.36. The summed E-state index contributed by atoms with van der Waals surface area (Å²) in [5.41, 5.74) is 1.36. The topological polar surface area (TPSA) is 74.8 Å². The Morgan fingerprint density at radius 3 is 2.81 bits per heavy atom. The molecule has 0 amide bonds. The lowest BCUT2D eigenvalue weighted by Gasteiger charge is -2.11. The zero-order valence-electron chi connectivity index (χ0n) is 9.06. The minimum Gasteiger partial charge on any atom is -0.283 e. The highest BCUT2D eigenvalue weighted by atomic mass is 32.2. The van der Waals surface area contributed by atoms with Crippen molar-refractivity contribution in [2.24, 2.45) is 0 Å². The van der Waals surface area contributed by atoms with E-state index in [1.165, 1.54) is 0 Å². The normalized spacial score (nSPS) is 12.2. The van der Waals surface area contributed by atoms with Crippen LogP contribution in [0, 0.1) is 0 Å². The predicted molar refractivity (Wildman–Crippen MR) is 63.8 cm³/mol. The Balaban J connectivity index is 2.46. The lowest BCUT2D eigenvalue weighted by Crippen LogP contribution is -2.22. The molecule has 86 valence electrons. The number of benzene rings is 1. The molecule has 1 aromatic carbocycles. The number of nitrogens with one attached hydrogen (secondary N) is 2. The summed E-state index contributed by atoms with van der Waals surface area (Å²) in [6.45, 7) is 3.27. The summed E-state index contributed by atoms with van der Waals surface area (Å²) in [5.74, 6) is 0. The van der Waals surface area contributed by atoms with E-state index in [1.807, 2.05) is 6.07 Å². The molecule has 0 unspecified atom stereocenters. The van der Waals surface area contributed by atoms with Gasteiger partial charge in [-0.25, -0.2) is 8.42 Å². The first-order valence-corrected chi connectivity index (χ1v) is 6.49. The van der Waals surface area contributed by atoms with Crippen molar-refractivity contribution in [1.82, 2.24) is 10.2 Å². The van der Waals surface area contributed by atoms with Crippen molar-refractivity contribution < 1.29 is 8.42 Å². The molecule has 5 nitrogen and oxygen atoms in total. The van der Waals surface area contributed by atoms with Gasteiger partial charge >= 0.3 is 0 Å². The number of H-pyrrole nitrogens is 1. The van der Waals surface area contributed by atoms with Crippen molar-refractivity contribution in [2.75, 3.05) is 4.72 Å². The summed E-state index contributed by atoms with van der Waals surface area (Å²) >= 11 is 0. The maximum absolute atomic E-state index is 11.7. The third kappa shape index (κ3) is 1.88. The summed E-state index contributed by atoms with van der Waals surface area (Å²) < 4.78 is 26.0. The molecule has 2 N–H and O–H groups in total. The summed E-state index contributed by atoms with van der Waals surface area (Å²) in [6.07, 6.45) is 1.60. The zero-order chi connectivity index (χ0) is 11.8. The number of aromatic amines is 1. The van der Waals surface area contributed by atoms with Crippen molar-refractivity contribution in [1.29, 1.82) is 0 Å². The quantitative estimate of drug-likeness (QED) is 0.856. The van der Waals surface area contributed by atoms with Crippen LogP contribution < -0.4 is 4.72 Å². The van der Waals surface area contributed by atoms with Gasteiger partial charge in [0.1, 0.15) is 0 Å². The minimum atomic E-state index is -3.31. The Labute approximate surface area is 93.9 Å². The number of nitrogens with zero attached hydrogens (tertiary/aromatic N) is 1. The molecule has 1 aromatic heterocycles. The molecule has 0 fully saturated rings. The highest BCUT2D eigenvalue weighted by Crippen LogP contribution is 2.22. The van der Waals surface area contributed by atoms with Gasteiger partial charge in [0, 0.05) is 5.39 Å². The molecular weight excluding hydrogens is 226 g/mol. The zero-order valence-corrected chi connectivity index (χ0v) is 9.88. The fraction of sp³-hybridized carbons (Fsp3) is 0.300. The van der Waals surface area contributed by atoms with Crippen LogP contribution in [0.15, 0.2) is 24.4 Å². The van der Waals surface area contributed by atoms with Crippen molar-refractivity contribution in [3.8, 4) is 0 Å². The Kier molecular flexibility index (Phi) is 2.59. The van der Waals surface area contributed by atoms with Gasteiger partial charge in [-0.15, -0.1) is 0 Å². The molecule has 0 saturated heterocycles. The van der Waals surface area contributed by atoms with Gasteiger partial charge in [0.05, 0.1) is 22.7 Å². The van der Waals surface area contributed by atoms with E-state index in [9.17, 15) is 8.42 Å². The third-order valence-corrected chi connectivity index (χ3v) is 4.10. The van der Waals surface area contributed by atoms with Crippen LogP contribution in [0.2, 0.25) is 0 Å². The van der Waals surface area contributed by atoms with E-state index >= 15 is 0 Å². The minimum absolute atomic E-state index is 0.463. The molecule has 0 aliphatic heterocycles. The van der Waals surface area contributed by atoms with E-state index in [-0.39, 0.29) is 0 Å². The Hall–Kier alpha value is -1.56. The van der Waals surface area contributed by atoms with Crippen LogP contribution in [0.3, 0.4) is 0 Å². The van der Waals surface area contributed by atoms with Gasteiger partial charge in [0.25, 0.3) is 0 Å². The smallest absolute Gasteiger partial charge is 0.235 e. The Morgan fingerprint density at radius 1 is 1.38 bits per heavy atom. The van der Waals surface area contributed by atoms with E-state index in [0.29, 0.717) is 5.69 Å². The van der Waals surface area contributed by atoms with Gasteiger partial charge in [0.2, 0.25) is 10.0 Å². The second-order valence-electron chi connectivity index (χ2n) is 3.83. The monoisotopic (exact) mass is 239 g/mol. The predicted octanol–water partition coefficient (Wildman–Crippen LogP) is 1.71. The van der Waals surface area contributed by atoms with E-state index in [0.717, 1.165) is 10.9 Å². The summed E-state index contributed by atoms with van der Waals surface area (Å²) in [7, 11) is -3.31. The molecule has 0 aliphatic carbocycles. The van der Waals surface area contributed by atoms with Crippen molar-refractivity contribution in [2.45, 2.75) is 19.1 Å².